The minimum absolute atomic E-state index is 0.0819. The van der Waals surface area contributed by atoms with Crippen molar-refractivity contribution >= 4 is 23.5 Å². The van der Waals surface area contributed by atoms with Gasteiger partial charge in [0, 0.05) is 24.8 Å². The third-order valence-corrected chi connectivity index (χ3v) is 3.02. The first kappa shape index (κ1) is 13.8. The molecule has 0 aliphatic carbocycles. The molecule has 106 valence electrons. The Kier molecular flexibility index (Phi) is 3.83. The molecule has 3 amide bonds. The van der Waals surface area contributed by atoms with E-state index in [1.165, 1.54) is 17.2 Å². The van der Waals surface area contributed by atoms with Gasteiger partial charge >= 0.3 is 0 Å². The van der Waals surface area contributed by atoms with Gasteiger partial charge in [-0.15, -0.1) is 0 Å². The fourth-order valence-corrected chi connectivity index (χ4v) is 2.00. The van der Waals surface area contributed by atoms with Crippen molar-refractivity contribution in [1.82, 2.24) is 9.88 Å². The Morgan fingerprint density at radius 3 is 2.65 bits per heavy atom. The van der Waals surface area contributed by atoms with Crippen molar-refractivity contribution < 1.29 is 14.4 Å². The molecular formula is C12H15N5O3. The molecule has 8 nitrogen and oxygen atoms in total. The molecule has 0 saturated carbocycles. The molecule has 0 atom stereocenters. The molecule has 1 fully saturated rings. The van der Waals surface area contributed by atoms with E-state index in [-0.39, 0.29) is 19.0 Å². The Labute approximate surface area is 115 Å². The zero-order chi connectivity index (χ0) is 14.7. The van der Waals surface area contributed by atoms with Crippen molar-refractivity contribution in [2.45, 2.75) is 0 Å². The second-order valence-electron chi connectivity index (χ2n) is 4.47. The number of primary amides is 2. The molecule has 0 spiro atoms. The Morgan fingerprint density at radius 1 is 1.30 bits per heavy atom. The Bertz CT molecular complexity index is 560. The van der Waals surface area contributed by atoms with Crippen LogP contribution in [0.2, 0.25) is 0 Å². The van der Waals surface area contributed by atoms with E-state index in [2.05, 4.69) is 4.98 Å². The van der Waals surface area contributed by atoms with Crippen LogP contribution in [0.1, 0.15) is 10.4 Å². The van der Waals surface area contributed by atoms with Crippen molar-refractivity contribution in [3.63, 3.8) is 0 Å². The van der Waals surface area contributed by atoms with Crippen LogP contribution in [-0.4, -0.2) is 53.8 Å². The number of hydrogen-bond donors (Lipinski definition) is 2. The number of nitrogens with zero attached hydrogens (tertiary/aromatic N) is 3. The summed E-state index contributed by atoms with van der Waals surface area (Å²) in [5.74, 6) is -0.789. The Hall–Kier alpha value is -2.64. The van der Waals surface area contributed by atoms with Gasteiger partial charge in [-0.1, -0.05) is 0 Å². The maximum absolute atomic E-state index is 11.9. The number of rotatable bonds is 4. The van der Waals surface area contributed by atoms with Gasteiger partial charge < -0.3 is 21.3 Å². The average molecular weight is 277 g/mol. The fraction of sp³-hybridized carbons (Fsp3) is 0.333. The smallest absolute Gasteiger partial charge is 0.248 e. The van der Waals surface area contributed by atoms with Crippen LogP contribution in [0.25, 0.3) is 0 Å². The first-order valence-corrected chi connectivity index (χ1v) is 6.04. The summed E-state index contributed by atoms with van der Waals surface area (Å²) in [6.07, 6.45) is 1.47. The quantitative estimate of drug-likeness (QED) is 0.680. The molecular weight excluding hydrogens is 262 g/mol. The Morgan fingerprint density at radius 2 is 2.05 bits per heavy atom. The lowest BCUT2D eigenvalue weighted by Gasteiger charge is -2.34. The zero-order valence-electron chi connectivity index (χ0n) is 10.8. The van der Waals surface area contributed by atoms with Gasteiger partial charge in [0.2, 0.25) is 17.7 Å². The van der Waals surface area contributed by atoms with Crippen LogP contribution < -0.4 is 16.4 Å². The third kappa shape index (κ3) is 3.02. The number of carbonyl (C=O) groups is 3. The first-order chi connectivity index (χ1) is 9.47. The Balaban J connectivity index is 2.09. The van der Waals surface area contributed by atoms with E-state index in [1.54, 1.807) is 11.0 Å². The third-order valence-electron chi connectivity index (χ3n) is 3.02. The first-order valence-electron chi connectivity index (χ1n) is 6.04. The van der Waals surface area contributed by atoms with E-state index >= 15 is 0 Å². The van der Waals surface area contributed by atoms with E-state index in [1.807, 2.05) is 0 Å². The van der Waals surface area contributed by atoms with Crippen LogP contribution in [0, 0.1) is 0 Å². The lowest BCUT2D eigenvalue weighted by atomic mass is 10.2. The van der Waals surface area contributed by atoms with Crippen LogP contribution in [0.3, 0.4) is 0 Å². The molecule has 0 unspecified atom stereocenters. The number of carbonyl (C=O) groups excluding carboxylic acids is 3. The van der Waals surface area contributed by atoms with Crippen molar-refractivity contribution in [1.29, 1.82) is 0 Å². The van der Waals surface area contributed by atoms with Crippen molar-refractivity contribution in [3.05, 3.63) is 23.9 Å². The second kappa shape index (κ2) is 5.55. The SMILES string of the molecule is NC(=O)CN1CCN(c2cc(C(N)=O)ccn2)CC1=O. The molecule has 1 aliphatic heterocycles. The summed E-state index contributed by atoms with van der Waals surface area (Å²) < 4.78 is 0. The van der Waals surface area contributed by atoms with Gasteiger partial charge in [-0.2, -0.15) is 0 Å². The molecule has 0 radical (unpaired) electrons. The summed E-state index contributed by atoms with van der Waals surface area (Å²) in [6.45, 7) is 0.891. The minimum Gasteiger partial charge on any atom is -0.368 e. The highest BCUT2D eigenvalue weighted by molar-refractivity contribution is 5.93. The van der Waals surface area contributed by atoms with E-state index < -0.39 is 11.8 Å². The van der Waals surface area contributed by atoms with Crippen LogP contribution in [0.15, 0.2) is 18.3 Å². The van der Waals surface area contributed by atoms with Gasteiger partial charge in [0.15, 0.2) is 0 Å². The maximum Gasteiger partial charge on any atom is 0.248 e. The highest BCUT2D eigenvalue weighted by Crippen LogP contribution is 2.15. The summed E-state index contributed by atoms with van der Waals surface area (Å²) in [6, 6.07) is 3.05. The van der Waals surface area contributed by atoms with E-state index in [4.69, 9.17) is 11.5 Å². The van der Waals surface area contributed by atoms with E-state index in [0.717, 1.165) is 0 Å². The van der Waals surface area contributed by atoms with Crippen LogP contribution >= 0.6 is 0 Å². The lowest BCUT2D eigenvalue weighted by Crippen LogP contribution is -2.52. The topological polar surface area (TPSA) is 123 Å². The normalized spacial score (nSPS) is 15.3. The fourth-order valence-electron chi connectivity index (χ4n) is 2.00. The monoisotopic (exact) mass is 277 g/mol. The molecule has 1 saturated heterocycles. The summed E-state index contributed by atoms with van der Waals surface area (Å²) in [7, 11) is 0. The predicted molar refractivity (Wildman–Crippen MR) is 70.7 cm³/mol. The molecule has 0 aromatic carbocycles. The lowest BCUT2D eigenvalue weighted by molar-refractivity contribution is -0.135. The van der Waals surface area contributed by atoms with Gasteiger partial charge in [-0.05, 0) is 12.1 Å². The standard InChI is InChI=1S/C12H15N5O3/c13-9(18)6-17-4-3-16(7-11(17)19)10-5-8(12(14)20)1-2-15-10/h1-2,5H,3-4,6-7H2,(H2,13,18)(H2,14,20). The molecule has 1 aromatic heterocycles. The van der Waals surface area contributed by atoms with Gasteiger partial charge in [0.1, 0.15) is 5.82 Å². The number of anilines is 1. The predicted octanol–water partition coefficient (Wildman–Crippen LogP) is -1.69. The van der Waals surface area contributed by atoms with Crippen LogP contribution in [0.5, 0.6) is 0 Å². The summed E-state index contributed by atoms with van der Waals surface area (Å²) in [5, 5.41) is 0. The van der Waals surface area contributed by atoms with E-state index in [0.29, 0.717) is 24.5 Å². The molecule has 4 N–H and O–H groups in total. The summed E-state index contributed by atoms with van der Waals surface area (Å²) in [4.78, 5) is 41.1. The van der Waals surface area contributed by atoms with Crippen molar-refractivity contribution in [2.24, 2.45) is 11.5 Å². The number of pyridine rings is 1. The highest BCUT2D eigenvalue weighted by Gasteiger charge is 2.25. The minimum atomic E-state index is -0.549. The molecule has 2 rings (SSSR count). The number of amides is 3. The second-order valence-corrected chi connectivity index (χ2v) is 4.47. The molecule has 8 heteroatoms. The van der Waals surface area contributed by atoms with Gasteiger partial charge in [-0.25, -0.2) is 4.98 Å². The molecule has 1 aliphatic rings. The van der Waals surface area contributed by atoms with Crippen LogP contribution in [0.4, 0.5) is 5.82 Å². The molecule has 2 heterocycles. The maximum atomic E-state index is 11.9. The summed E-state index contributed by atoms with van der Waals surface area (Å²) in [5.41, 5.74) is 10.6. The average Bonchev–Trinajstić information content (AvgIpc) is 2.40. The zero-order valence-corrected chi connectivity index (χ0v) is 10.8. The van der Waals surface area contributed by atoms with Crippen molar-refractivity contribution in [3.8, 4) is 0 Å². The molecule has 20 heavy (non-hydrogen) atoms. The van der Waals surface area contributed by atoms with Gasteiger partial charge in [-0.3, -0.25) is 14.4 Å². The van der Waals surface area contributed by atoms with Gasteiger partial charge in [0.05, 0.1) is 13.1 Å². The highest BCUT2D eigenvalue weighted by atomic mass is 16.2. The number of piperazine rings is 1. The molecule has 1 aromatic rings. The van der Waals surface area contributed by atoms with Gasteiger partial charge in [0.25, 0.3) is 0 Å². The van der Waals surface area contributed by atoms with E-state index in [9.17, 15) is 14.4 Å². The number of nitrogens with two attached hydrogens (primary N) is 2. The number of hydrogen-bond acceptors (Lipinski definition) is 5. The van der Waals surface area contributed by atoms with Crippen LogP contribution in [-0.2, 0) is 9.59 Å². The summed E-state index contributed by atoms with van der Waals surface area (Å²) >= 11 is 0. The van der Waals surface area contributed by atoms with Crippen molar-refractivity contribution in [2.75, 3.05) is 31.1 Å². The molecule has 0 bridgehead atoms. The largest absolute Gasteiger partial charge is 0.368 e. The number of aromatic nitrogens is 1.